The van der Waals surface area contributed by atoms with Crippen LogP contribution < -0.4 is 5.32 Å². The smallest absolute Gasteiger partial charge is 0.269 e. The maximum Gasteiger partial charge on any atom is 0.269 e. The Labute approximate surface area is 175 Å². The molecule has 0 unspecified atom stereocenters. The van der Waals surface area contributed by atoms with Crippen molar-refractivity contribution in [3.8, 4) is 0 Å². The molecule has 0 atom stereocenters. The van der Waals surface area contributed by atoms with Gasteiger partial charge in [0.25, 0.3) is 5.69 Å². The zero-order valence-electron chi connectivity index (χ0n) is 17.3. The number of rotatable bonds is 6. The minimum Gasteiger partial charge on any atom is -0.340 e. The quantitative estimate of drug-likeness (QED) is 0.583. The number of piperazine rings is 1. The molecular weight excluding hydrogens is 384 g/mol. The lowest BCUT2D eigenvalue weighted by Crippen LogP contribution is -2.50. The molecule has 0 radical (unpaired) electrons. The molecule has 0 saturated carbocycles. The molecule has 158 valence electrons. The third-order valence-corrected chi connectivity index (χ3v) is 5.39. The Morgan fingerprint density at radius 3 is 2.37 bits per heavy atom. The minimum absolute atomic E-state index is 0.00279. The highest BCUT2D eigenvalue weighted by Gasteiger charge is 2.23. The minimum atomic E-state index is -0.460. The molecule has 0 bridgehead atoms. The van der Waals surface area contributed by atoms with Crippen molar-refractivity contribution < 1.29 is 14.5 Å². The third-order valence-electron chi connectivity index (χ3n) is 5.39. The van der Waals surface area contributed by atoms with Gasteiger partial charge in [-0.3, -0.25) is 24.6 Å². The van der Waals surface area contributed by atoms with Crippen molar-refractivity contribution in [1.29, 1.82) is 0 Å². The Morgan fingerprint density at radius 2 is 1.73 bits per heavy atom. The van der Waals surface area contributed by atoms with Crippen molar-refractivity contribution >= 4 is 23.2 Å². The summed E-state index contributed by atoms with van der Waals surface area (Å²) < 4.78 is 0. The number of carbonyl (C=O) groups excluding carboxylic acids is 2. The summed E-state index contributed by atoms with van der Waals surface area (Å²) in [7, 11) is 0. The molecule has 2 amide bonds. The first kappa shape index (κ1) is 21.4. The van der Waals surface area contributed by atoms with Crippen LogP contribution in [0.3, 0.4) is 0 Å². The van der Waals surface area contributed by atoms with E-state index < -0.39 is 4.92 Å². The largest absolute Gasteiger partial charge is 0.340 e. The van der Waals surface area contributed by atoms with Crippen molar-refractivity contribution in [1.82, 2.24) is 9.80 Å². The first-order valence-electron chi connectivity index (χ1n) is 9.93. The molecule has 1 aliphatic rings. The monoisotopic (exact) mass is 410 g/mol. The van der Waals surface area contributed by atoms with Crippen LogP contribution in [0.15, 0.2) is 42.5 Å². The van der Waals surface area contributed by atoms with E-state index in [-0.39, 0.29) is 24.0 Å². The number of benzene rings is 2. The van der Waals surface area contributed by atoms with Crippen LogP contribution in [0.1, 0.15) is 16.7 Å². The number of nitro benzene ring substituents is 1. The standard InChI is InChI=1S/C22H26N4O4/c1-16-5-3-4-6-18(16)14-22(28)25-11-9-24(10-12-25)15-21(27)23-20-8-7-19(26(29)30)13-17(20)2/h3-8,13H,9-12,14-15H2,1-2H3,(H,23,27). The summed E-state index contributed by atoms with van der Waals surface area (Å²) in [5, 5.41) is 13.6. The van der Waals surface area contributed by atoms with Crippen molar-refractivity contribution in [2.75, 3.05) is 38.0 Å². The fourth-order valence-electron chi connectivity index (χ4n) is 3.53. The number of nitrogens with zero attached hydrogens (tertiary/aromatic N) is 3. The number of hydrogen-bond donors (Lipinski definition) is 1. The molecule has 8 nitrogen and oxygen atoms in total. The van der Waals surface area contributed by atoms with E-state index in [0.717, 1.165) is 11.1 Å². The summed E-state index contributed by atoms with van der Waals surface area (Å²) in [5.41, 5.74) is 3.37. The van der Waals surface area contributed by atoms with Crippen molar-refractivity contribution in [2.24, 2.45) is 0 Å². The van der Waals surface area contributed by atoms with E-state index in [1.165, 1.54) is 12.1 Å². The molecule has 0 aromatic heterocycles. The van der Waals surface area contributed by atoms with Gasteiger partial charge in [0.2, 0.25) is 11.8 Å². The Kier molecular flexibility index (Phi) is 6.79. The van der Waals surface area contributed by atoms with Crippen molar-refractivity contribution in [3.63, 3.8) is 0 Å². The lowest BCUT2D eigenvalue weighted by Gasteiger charge is -2.34. The van der Waals surface area contributed by atoms with Gasteiger partial charge in [0.05, 0.1) is 17.9 Å². The summed E-state index contributed by atoms with van der Waals surface area (Å²) in [6, 6.07) is 12.3. The number of non-ortho nitro benzene ring substituents is 1. The highest BCUT2D eigenvalue weighted by atomic mass is 16.6. The zero-order chi connectivity index (χ0) is 21.7. The van der Waals surface area contributed by atoms with E-state index in [0.29, 0.717) is 43.9 Å². The molecule has 1 heterocycles. The molecule has 3 rings (SSSR count). The lowest BCUT2D eigenvalue weighted by atomic mass is 10.1. The van der Waals surface area contributed by atoms with Crippen LogP contribution in [0.25, 0.3) is 0 Å². The second-order valence-corrected chi connectivity index (χ2v) is 7.56. The van der Waals surface area contributed by atoms with Gasteiger partial charge in [-0.15, -0.1) is 0 Å². The lowest BCUT2D eigenvalue weighted by molar-refractivity contribution is -0.384. The molecule has 2 aromatic rings. The Hall–Kier alpha value is -3.26. The fraction of sp³-hybridized carbons (Fsp3) is 0.364. The van der Waals surface area contributed by atoms with Crippen LogP contribution in [0.5, 0.6) is 0 Å². The first-order chi connectivity index (χ1) is 14.3. The molecule has 1 aliphatic heterocycles. The summed E-state index contributed by atoms with van der Waals surface area (Å²) in [6.07, 6.45) is 0.395. The van der Waals surface area contributed by atoms with E-state index in [1.54, 1.807) is 13.0 Å². The van der Waals surface area contributed by atoms with Gasteiger partial charge in [-0.25, -0.2) is 0 Å². The number of hydrogen-bond acceptors (Lipinski definition) is 5. The number of nitro groups is 1. The molecule has 0 spiro atoms. The maximum absolute atomic E-state index is 12.6. The van der Waals surface area contributed by atoms with Gasteiger partial charge in [0.1, 0.15) is 0 Å². The summed E-state index contributed by atoms with van der Waals surface area (Å²) >= 11 is 0. The van der Waals surface area contributed by atoms with E-state index in [4.69, 9.17) is 0 Å². The average Bonchev–Trinajstić information content (AvgIpc) is 2.71. The summed E-state index contributed by atoms with van der Waals surface area (Å²) in [4.78, 5) is 39.2. The van der Waals surface area contributed by atoms with Gasteiger partial charge in [-0.1, -0.05) is 24.3 Å². The van der Waals surface area contributed by atoms with Gasteiger partial charge >= 0.3 is 0 Å². The fourth-order valence-corrected chi connectivity index (χ4v) is 3.53. The third kappa shape index (κ3) is 5.42. The normalized spacial score (nSPS) is 14.4. The second kappa shape index (κ2) is 9.49. The van der Waals surface area contributed by atoms with Gasteiger partial charge < -0.3 is 10.2 Å². The Morgan fingerprint density at radius 1 is 1.03 bits per heavy atom. The number of amides is 2. The molecule has 1 N–H and O–H groups in total. The number of carbonyl (C=O) groups is 2. The topological polar surface area (TPSA) is 95.8 Å². The highest BCUT2D eigenvalue weighted by molar-refractivity contribution is 5.93. The predicted molar refractivity (Wildman–Crippen MR) is 114 cm³/mol. The van der Waals surface area contributed by atoms with E-state index in [1.807, 2.05) is 41.0 Å². The highest BCUT2D eigenvalue weighted by Crippen LogP contribution is 2.21. The molecule has 1 fully saturated rings. The predicted octanol–water partition coefficient (Wildman–Crippen LogP) is 2.54. The van der Waals surface area contributed by atoms with Crippen LogP contribution in [-0.4, -0.2) is 59.3 Å². The van der Waals surface area contributed by atoms with Gasteiger partial charge in [-0.05, 0) is 36.6 Å². The maximum atomic E-state index is 12.6. The van der Waals surface area contributed by atoms with Gasteiger partial charge in [-0.2, -0.15) is 0 Å². The number of nitrogens with one attached hydrogen (secondary N) is 1. The molecule has 2 aromatic carbocycles. The van der Waals surface area contributed by atoms with E-state index >= 15 is 0 Å². The van der Waals surface area contributed by atoms with Crippen LogP contribution >= 0.6 is 0 Å². The zero-order valence-corrected chi connectivity index (χ0v) is 17.3. The van der Waals surface area contributed by atoms with Crippen molar-refractivity contribution in [2.45, 2.75) is 20.3 Å². The molecule has 30 heavy (non-hydrogen) atoms. The Balaban J connectivity index is 1.47. The van der Waals surface area contributed by atoms with Crippen LogP contribution in [0.2, 0.25) is 0 Å². The van der Waals surface area contributed by atoms with Crippen LogP contribution in [0, 0.1) is 24.0 Å². The molecule has 1 saturated heterocycles. The SMILES string of the molecule is Cc1ccccc1CC(=O)N1CCN(CC(=O)Nc2ccc([N+](=O)[O-])cc2C)CC1. The number of aryl methyl sites for hydroxylation is 2. The Bertz CT molecular complexity index is 952. The number of anilines is 1. The average molecular weight is 410 g/mol. The van der Waals surface area contributed by atoms with Crippen LogP contribution in [-0.2, 0) is 16.0 Å². The molecular formula is C22H26N4O4. The second-order valence-electron chi connectivity index (χ2n) is 7.56. The summed E-state index contributed by atoms with van der Waals surface area (Å²) in [5.74, 6) is -0.0680. The summed E-state index contributed by atoms with van der Waals surface area (Å²) in [6.45, 7) is 6.39. The first-order valence-corrected chi connectivity index (χ1v) is 9.93. The van der Waals surface area contributed by atoms with Gasteiger partial charge in [0.15, 0.2) is 0 Å². The molecule has 8 heteroatoms. The van der Waals surface area contributed by atoms with E-state index in [2.05, 4.69) is 5.32 Å². The van der Waals surface area contributed by atoms with Crippen LogP contribution in [0.4, 0.5) is 11.4 Å². The molecule has 0 aliphatic carbocycles. The van der Waals surface area contributed by atoms with E-state index in [9.17, 15) is 19.7 Å². The van der Waals surface area contributed by atoms with Gasteiger partial charge in [0, 0.05) is 44.0 Å². The van der Waals surface area contributed by atoms with Crippen molar-refractivity contribution in [3.05, 3.63) is 69.3 Å².